The van der Waals surface area contributed by atoms with Crippen LogP contribution in [0.5, 0.6) is 0 Å². The number of hydrogen-bond acceptors (Lipinski definition) is 6. The predicted octanol–water partition coefficient (Wildman–Crippen LogP) is 1.13. The number of benzene rings is 1. The first-order chi connectivity index (χ1) is 14.8. The van der Waals surface area contributed by atoms with E-state index in [2.05, 4.69) is 10.6 Å². The molecule has 3 heterocycles. The number of nitrogens with one attached hydrogen (secondary N) is 2. The molecule has 4 rings (SSSR count). The highest BCUT2D eigenvalue weighted by Crippen LogP contribution is 2.40. The van der Waals surface area contributed by atoms with Crippen molar-refractivity contribution in [3.05, 3.63) is 28.6 Å². The summed E-state index contributed by atoms with van der Waals surface area (Å²) in [4.78, 5) is 38.5. The van der Waals surface area contributed by atoms with Gasteiger partial charge in [0.15, 0.2) is 23.7 Å². The van der Waals surface area contributed by atoms with Gasteiger partial charge in [-0.05, 0) is 26.7 Å². The molecule has 1 amide bonds. The van der Waals surface area contributed by atoms with Gasteiger partial charge in [0.25, 0.3) is 5.91 Å². The lowest BCUT2D eigenvalue weighted by Gasteiger charge is -2.42. The second-order valence-electron chi connectivity index (χ2n) is 8.55. The second-order valence-corrected chi connectivity index (χ2v) is 8.55. The number of Topliss-reactive ketones (excluding diaryl/α,β-unsaturated/α-hetero) is 1. The molecule has 10 heteroatoms. The molecule has 1 aromatic carbocycles. The van der Waals surface area contributed by atoms with Crippen molar-refractivity contribution in [3.8, 4) is 0 Å². The summed E-state index contributed by atoms with van der Waals surface area (Å²) in [6.07, 6.45) is 1.02. The standard InChI is InChI=1S/C21H25F3N4O3/c1-10-5-25-6-11(2)28(10)20-13-8-27(12-3-4-14(26-7-12)15(30)9-29)21(31)16(13)17(22)18(23)19(20)24/h9-12,14,25-26H,3-8H2,1-2H3. The van der Waals surface area contributed by atoms with Crippen molar-refractivity contribution in [3.63, 3.8) is 0 Å². The number of carbonyl (C=O) groups is 3. The highest BCUT2D eigenvalue weighted by atomic mass is 19.2. The molecule has 168 valence electrons. The Labute approximate surface area is 177 Å². The van der Waals surface area contributed by atoms with E-state index in [4.69, 9.17) is 0 Å². The summed E-state index contributed by atoms with van der Waals surface area (Å²) in [6.45, 7) is 5.01. The third-order valence-electron chi connectivity index (χ3n) is 6.58. The minimum absolute atomic E-state index is 0.0420. The van der Waals surface area contributed by atoms with Gasteiger partial charge in [-0.3, -0.25) is 14.4 Å². The lowest BCUT2D eigenvalue weighted by Crippen LogP contribution is -2.56. The summed E-state index contributed by atoms with van der Waals surface area (Å²) in [5.41, 5.74) is -0.310. The summed E-state index contributed by atoms with van der Waals surface area (Å²) in [5.74, 6) is -5.62. The first-order valence-electron chi connectivity index (χ1n) is 10.5. The zero-order valence-corrected chi connectivity index (χ0v) is 17.4. The van der Waals surface area contributed by atoms with Crippen molar-refractivity contribution in [2.45, 2.75) is 57.4 Å². The van der Waals surface area contributed by atoms with Crippen LogP contribution in [0.25, 0.3) is 0 Å². The molecule has 4 unspecified atom stereocenters. The van der Waals surface area contributed by atoms with Crippen molar-refractivity contribution < 1.29 is 27.6 Å². The van der Waals surface area contributed by atoms with Crippen LogP contribution in [-0.4, -0.2) is 66.7 Å². The number of fused-ring (bicyclic) bond motifs is 1. The number of ketones is 1. The third-order valence-corrected chi connectivity index (χ3v) is 6.58. The lowest BCUT2D eigenvalue weighted by atomic mass is 9.97. The van der Waals surface area contributed by atoms with Gasteiger partial charge in [0.1, 0.15) is 0 Å². The zero-order chi connectivity index (χ0) is 22.4. The fraction of sp³-hybridized carbons (Fsp3) is 0.571. The molecule has 0 radical (unpaired) electrons. The van der Waals surface area contributed by atoms with Crippen molar-refractivity contribution in [2.24, 2.45) is 0 Å². The Hall–Kier alpha value is -2.46. The summed E-state index contributed by atoms with van der Waals surface area (Å²) in [6, 6.07) is -1.35. The number of rotatable bonds is 4. The molecule has 3 aliphatic rings. The maximum atomic E-state index is 15.0. The van der Waals surface area contributed by atoms with Crippen LogP contribution >= 0.6 is 0 Å². The maximum Gasteiger partial charge on any atom is 0.257 e. The molecule has 0 spiro atoms. The fourth-order valence-electron chi connectivity index (χ4n) is 5.03. The molecular weight excluding hydrogens is 413 g/mol. The second kappa shape index (κ2) is 8.23. The van der Waals surface area contributed by atoms with E-state index >= 15 is 4.39 Å². The van der Waals surface area contributed by atoms with Crippen LogP contribution in [0.3, 0.4) is 0 Å². The molecule has 3 aliphatic heterocycles. The topological polar surface area (TPSA) is 81.8 Å². The Morgan fingerprint density at radius 2 is 1.71 bits per heavy atom. The monoisotopic (exact) mass is 438 g/mol. The number of hydrogen-bond donors (Lipinski definition) is 2. The minimum Gasteiger partial charge on any atom is -0.361 e. The van der Waals surface area contributed by atoms with E-state index in [1.165, 1.54) is 4.90 Å². The van der Waals surface area contributed by atoms with Gasteiger partial charge in [0, 0.05) is 49.9 Å². The summed E-state index contributed by atoms with van der Waals surface area (Å²) >= 11 is 0. The average Bonchev–Trinajstić information content (AvgIpc) is 3.10. The summed E-state index contributed by atoms with van der Waals surface area (Å²) in [5, 5.41) is 6.15. The Balaban J connectivity index is 1.68. The van der Waals surface area contributed by atoms with E-state index in [0.29, 0.717) is 25.9 Å². The molecule has 4 atom stereocenters. The Kier molecular flexibility index (Phi) is 5.78. The van der Waals surface area contributed by atoms with Crippen molar-refractivity contribution in [1.82, 2.24) is 15.5 Å². The Morgan fingerprint density at radius 3 is 2.29 bits per heavy atom. The van der Waals surface area contributed by atoms with Crippen molar-refractivity contribution in [1.29, 1.82) is 0 Å². The average molecular weight is 438 g/mol. The van der Waals surface area contributed by atoms with Crippen LogP contribution in [-0.2, 0) is 16.1 Å². The van der Waals surface area contributed by atoms with Gasteiger partial charge < -0.3 is 20.4 Å². The van der Waals surface area contributed by atoms with Crippen molar-refractivity contribution in [2.75, 3.05) is 24.5 Å². The normalized spacial score (nSPS) is 28.6. The number of halogens is 3. The number of amides is 1. The van der Waals surface area contributed by atoms with Gasteiger partial charge in [-0.2, -0.15) is 0 Å². The molecule has 2 N–H and O–H groups in total. The largest absolute Gasteiger partial charge is 0.361 e. The molecule has 2 fully saturated rings. The van der Waals surface area contributed by atoms with Crippen LogP contribution in [0.2, 0.25) is 0 Å². The molecule has 31 heavy (non-hydrogen) atoms. The predicted molar refractivity (Wildman–Crippen MR) is 106 cm³/mol. The van der Waals surface area contributed by atoms with Gasteiger partial charge in [0.2, 0.25) is 5.78 Å². The van der Waals surface area contributed by atoms with Crippen molar-refractivity contribution >= 4 is 23.7 Å². The maximum absolute atomic E-state index is 15.0. The zero-order valence-electron chi connectivity index (χ0n) is 17.4. The SMILES string of the molecule is CC1CNCC(C)N1c1c(F)c(F)c(F)c2c1CN(C1CCC(C(=O)C=O)NC1)C2=O. The number of aldehydes is 1. The summed E-state index contributed by atoms with van der Waals surface area (Å²) in [7, 11) is 0. The number of nitrogens with zero attached hydrogens (tertiary/aromatic N) is 2. The highest BCUT2D eigenvalue weighted by Gasteiger charge is 2.43. The van der Waals surface area contributed by atoms with E-state index < -0.39 is 40.7 Å². The Bertz CT molecular complexity index is 923. The van der Waals surface area contributed by atoms with E-state index in [0.717, 1.165) is 0 Å². The van der Waals surface area contributed by atoms with Gasteiger partial charge in [-0.15, -0.1) is 0 Å². The molecular formula is C21H25F3N4O3. The first-order valence-corrected chi connectivity index (χ1v) is 10.5. The van der Waals surface area contributed by atoms with Gasteiger partial charge in [-0.1, -0.05) is 0 Å². The van der Waals surface area contributed by atoms with Gasteiger partial charge in [-0.25, -0.2) is 13.2 Å². The molecule has 0 aliphatic carbocycles. The smallest absolute Gasteiger partial charge is 0.257 e. The number of anilines is 1. The number of piperidine rings is 1. The molecule has 0 bridgehead atoms. The number of piperazine rings is 1. The van der Waals surface area contributed by atoms with E-state index in [9.17, 15) is 23.2 Å². The molecule has 7 nitrogen and oxygen atoms in total. The van der Waals surface area contributed by atoms with Crippen LogP contribution in [0.4, 0.5) is 18.9 Å². The lowest BCUT2D eigenvalue weighted by molar-refractivity contribution is -0.131. The van der Waals surface area contributed by atoms with Gasteiger partial charge in [0.05, 0.1) is 17.3 Å². The molecule has 0 saturated carbocycles. The van der Waals surface area contributed by atoms with Gasteiger partial charge >= 0.3 is 0 Å². The van der Waals surface area contributed by atoms with E-state index in [-0.39, 0.29) is 48.8 Å². The van der Waals surface area contributed by atoms with Crippen LogP contribution in [0, 0.1) is 17.5 Å². The van der Waals surface area contributed by atoms with E-state index in [1.54, 1.807) is 4.90 Å². The minimum atomic E-state index is -1.64. The van der Waals surface area contributed by atoms with Crippen LogP contribution < -0.4 is 15.5 Å². The molecule has 0 aromatic heterocycles. The fourth-order valence-corrected chi connectivity index (χ4v) is 5.03. The quantitative estimate of drug-likeness (QED) is 0.417. The highest BCUT2D eigenvalue weighted by molar-refractivity contribution is 6.27. The third kappa shape index (κ3) is 3.51. The Morgan fingerprint density at radius 1 is 1.03 bits per heavy atom. The first kappa shape index (κ1) is 21.8. The van der Waals surface area contributed by atoms with Crippen LogP contribution in [0.15, 0.2) is 0 Å². The van der Waals surface area contributed by atoms with Crippen LogP contribution in [0.1, 0.15) is 42.6 Å². The number of carbonyl (C=O) groups excluding carboxylic acids is 3. The molecule has 1 aromatic rings. The molecule has 2 saturated heterocycles. The summed E-state index contributed by atoms with van der Waals surface area (Å²) < 4.78 is 44.3. The van der Waals surface area contributed by atoms with E-state index in [1.807, 2.05) is 13.8 Å².